The zero-order valence-electron chi connectivity index (χ0n) is 33.6. The summed E-state index contributed by atoms with van der Waals surface area (Å²) in [5.41, 5.74) is 7.60. The van der Waals surface area contributed by atoms with Gasteiger partial charge < -0.3 is 8.98 Å². The Bertz CT molecular complexity index is 4140. The molecule has 0 bridgehead atoms. The van der Waals surface area contributed by atoms with E-state index < -0.39 is 0 Å². The van der Waals surface area contributed by atoms with Crippen molar-refractivity contribution in [3.63, 3.8) is 0 Å². The van der Waals surface area contributed by atoms with Crippen LogP contribution in [-0.2, 0) is 0 Å². The summed E-state index contributed by atoms with van der Waals surface area (Å²) in [6.45, 7) is 0. The molecule has 14 aromatic rings. The first kappa shape index (κ1) is 34.5. The van der Waals surface area contributed by atoms with Gasteiger partial charge in [-0.05, 0) is 80.8 Å². The Labute approximate surface area is 363 Å². The standard InChI is InChI=1S/C57H32N4OS/c1-2-15-36-30-37(25-24-33(36)12-1)55-58-56(44-21-11-20-43-41-18-7-9-22-49(41)62-53(43)44)60-57(59-55)46-32-38(31-45-42-19-8-10-23-50(42)63-54(45)46)61-47-28-26-34-13-3-5-16-39(34)51(47)52-40-17-6-4-14-35(40)27-29-48(52)61/h1-32H. The van der Waals surface area contributed by atoms with E-state index in [1.807, 2.05) is 18.2 Å². The number of benzene rings is 10. The summed E-state index contributed by atoms with van der Waals surface area (Å²) in [5.74, 6) is 1.76. The summed E-state index contributed by atoms with van der Waals surface area (Å²) in [4.78, 5) is 16.1. The molecule has 0 fully saturated rings. The van der Waals surface area contributed by atoms with Crippen molar-refractivity contribution >= 4 is 108 Å². The monoisotopic (exact) mass is 820 g/mol. The molecular formula is C57H32N4OS. The Kier molecular flexibility index (Phi) is 7.21. The molecule has 14 rings (SSSR count). The fourth-order valence-electron chi connectivity index (χ4n) is 9.93. The van der Waals surface area contributed by atoms with E-state index in [1.165, 1.54) is 42.4 Å². The molecule has 0 unspecified atom stereocenters. The number of hydrogen-bond donors (Lipinski definition) is 0. The second-order valence-corrected chi connectivity index (χ2v) is 17.4. The molecule has 10 aromatic carbocycles. The van der Waals surface area contributed by atoms with E-state index in [-0.39, 0.29) is 0 Å². The maximum absolute atomic E-state index is 6.61. The van der Waals surface area contributed by atoms with Crippen molar-refractivity contribution in [3.05, 3.63) is 194 Å². The summed E-state index contributed by atoms with van der Waals surface area (Å²) in [6, 6.07) is 69.2. The molecule has 0 aliphatic rings. The summed E-state index contributed by atoms with van der Waals surface area (Å²) in [5, 5.41) is 14.1. The lowest BCUT2D eigenvalue weighted by Gasteiger charge is -2.14. The minimum Gasteiger partial charge on any atom is -0.455 e. The molecule has 4 aromatic heterocycles. The van der Waals surface area contributed by atoms with Crippen molar-refractivity contribution in [1.82, 2.24) is 19.5 Å². The highest BCUT2D eigenvalue weighted by atomic mass is 32.1. The van der Waals surface area contributed by atoms with E-state index >= 15 is 0 Å². The summed E-state index contributed by atoms with van der Waals surface area (Å²) in [7, 11) is 0. The van der Waals surface area contributed by atoms with Crippen LogP contribution in [-0.4, -0.2) is 19.5 Å². The number of para-hydroxylation sites is 2. The van der Waals surface area contributed by atoms with Gasteiger partial charge in [0.25, 0.3) is 0 Å². The molecule has 5 nitrogen and oxygen atoms in total. The van der Waals surface area contributed by atoms with Crippen LogP contribution in [0.15, 0.2) is 199 Å². The van der Waals surface area contributed by atoms with Crippen LogP contribution in [0.5, 0.6) is 0 Å². The molecule has 0 aliphatic heterocycles. The normalized spacial score (nSPS) is 12.1. The number of aromatic nitrogens is 4. The van der Waals surface area contributed by atoms with E-state index in [1.54, 1.807) is 11.3 Å². The first-order valence-corrected chi connectivity index (χ1v) is 22.0. The quantitative estimate of drug-likeness (QED) is 0.177. The number of nitrogens with zero attached hydrogens (tertiary/aromatic N) is 4. The van der Waals surface area contributed by atoms with Gasteiger partial charge in [0.1, 0.15) is 11.2 Å². The minimum atomic E-state index is 0.558. The third-order valence-electron chi connectivity index (χ3n) is 12.8. The van der Waals surface area contributed by atoms with E-state index in [9.17, 15) is 0 Å². The molecule has 0 amide bonds. The number of rotatable bonds is 4. The van der Waals surface area contributed by atoms with Crippen molar-refractivity contribution in [2.45, 2.75) is 0 Å². The van der Waals surface area contributed by atoms with Crippen LogP contribution in [0.1, 0.15) is 0 Å². The van der Waals surface area contributed by atoms with Crippen LogP contribution in [0.25, 0.3) is 136 Å². The fourth-order valence-corrected chi connectivity index (χ4v) is 11.1. The summed E-state index contributed by atoms with van der Waals surface area (Å²) in [6.07, 6.45) is 0. The second-order valence-electron chi connectivity index (χ2n) is 16.3. The van der Waals surface area contributed by atoms with Gasteiger partial charge >= 0.3 is 0 Å². The first-order chi connectivity index (χ1) is 31.2. The highest BCUT2D eigenvalue weighted by Gasteiger charge is 2.23. The molecule has 0 saturated heterocycles. The number of thiophene rings is 1. The fraction of sp³-hybridized carbons (Fsp3) is 0. The molecule has 0 spiro atoms. The van der Waals surface area contributed by atoms with Crippen LogP contribution in [0.3, 0.4) is 0 Å². The Balaban J connectivity index is 1.10. The maximum atomic E-state index is 6.61. The first-order valence-electron chi connectivity index (χ1n) is 21.2. The van der Waals surface area contributed by atoms with E-state index in [0.717, 1.165) is 76.2 Å². The third-order valence-corrected chi connectivity index (χ3v) is 14.0. The second kappa shape index (κ2) is 13.2. The Morgan fingerprint density at radius 1 is 0.397 bits per heavy atom. The lowest BCUT2D eigenvalue weighted by atomic mass is 10.00. The molecular weight excluding hydrogens is 789 g/mol. The van der Waals surface area contributed by atoms with Gasteiger partial charge in [-0.2, -0.15) is 0 Å². The van der Waals surface area contributed by atoms with Crippen LogP contribution >= 0.6 is 11.3 Å². The van der Waals surface area contributed by atoms with Gasteiger partial charge in [0, 0.05) is 58.5 Å². The van der Waals surface area contributed by atoms with Gasteiger partial charge in [0.2, 0.25) is 0 Å². The van der Waals surface area contributed by atoms with Crippen LogP contribution in [0, 0.1) is 0 Å². The predicted octanol–water partition coefficient (Wildman–Crippen LogP) is 15.7. The highest BCUT2D eigenvalue weighted by Crippen LogP contribution is 2.45. The molecule has 0 aliphatic carbocycles. The number of furan rings is 1. The Morgan fingerprint density at radius 3 is 1.75 bits per heavy atom. The van der Waals surface area contributed by atoms with Gasteiger partial charge in [0.05, 0.1) is 16.6 Å². The lowest BCUT2D eigenvalue weighted by Crippen LogP contribution is -2.02. The lowest BCUT2D eigenvalue weighted by molar-refractivity contribution is 0.669. The molecule has 6 heteroatoms. The van der Waals surface area contributed by atoms with Crippen LogP contribution < -0.4 is 0 Å². The molecule has 0 N–H and O–H groups in total. The van der Waals surface area contributed by atoms with Crippen LogP contribution in [0.4, 0.5) is 0 Å². The smallest absolute Gasteiger partial charge is 0.167 e. The van der Waals surface area contributed by atoms with E-state index in [0.29, 0.717) is 17.5 Å². The number of fused-ring (bicyclic) bond motifs is 14. The van der Waals surface area contributed by atoms with Crippen molar-refractivity contribution in [3.8, 4) is 39.9 Å². The SMILES string of the molecule is c1ccc2cc(-c3nc(-c4cccc5c4oc4ccccc45)nc(-c4cc(-n5c6ccc7ccccc7c6c6c7ccccc7ccc65)cc5c4sc4ccccc45)n3)ccc2c1. The van der Waals surface area contributed by atoms with Crippen molar-refractivity contribution in [2.24, 2.45) is 0 Å². The third kappa shape index (κ3) is 5.13. The molecule has 292 valence electrons. The molecule has 0 saturated carbocycles. The zero-order valence-corrected chi connectivity index (χ0v) is 34.4. The summed E-state index contributed by atoms with van der Waals surface area (Å²) >= 11 is 1.78. The molecule has 4 heterocycles. The van der Waals surface area contributed by atoms with E-state index in [2.05, 4.69) is 180 Å². The summed E-state index contributed by atoms with van der Waals surface area (Å²) < 4.78 is 11.4. The minimum absolute atomic E-state index is 0.558. The van der Waals surface area contributed by atoms with Gasteiger partial charge in [-0.3, -0.25) is 0 Å². The maximum Gasteiger partial charge on any atom is 0.167 e. The van der Waals surface area contributed by atoms with Gasteiger partial charge in [-0.15, -0.1) is 11.3 Å². The zero-order chi connectivity index (χ0) is 41.2. The predicted molar refractivity (Wildman–Crippen MR) is 263 cm³/mol. The average molecular weight is 821 g/mol. The highest BCUT2D eigenvalue weighted by molar-refractivity contribution is 7.26. The van der Waals surface area contributed by atoms with E-state index in [4.69, 9.17) is 19.4 Å². The topological polar surface area (TPSA) is 56.7 Å². The van der Waals surface area contributed by atoms with Gasteiger partial charge in [-0.25, -0.2) is 15.0 Å². The molecule has 63 heavy (non-hydrogen) atoms. The van der Waals surface area contributed by atoms with Crippen molar-refractivity contribution in [1.29, 1.82) is 0 Å². The Morgan fingerprint density at radius 2 is 0.984 bits per heavy atom. The largest absolute Gasteiger partial charge is 0.455 e. The average Bonchev–Trinajstić information content (AvgIpc) is 4.03. The Hall–Kier alpha value is -8.19. The molecule has 0 atom stereocenters. The number of hydrogen-bond acceptors (Lipinski definition) is 5. The molecule has 0 radical (unpaired) electrons. The van der Waals surface area contributed by atoms with Crippen molar-refractivity contribution in [2.75, 3.05) is 0 Å². The van der Waals surface area contributed by atoms with Gasteiger partial charge in [0.15, 0.2) is 17.5 Å². The van der Waals surface area contributed by atoms with Crippen molar-refractivity contribution < 1.29 is 4.42 Å². The van der Waals surface area contributed by atoms with Gasteiger partial charge in [-0.1, -0.05) is 146 Å². The van der Waals surface area contributed by atoms with Crippen LogP contribution in [0.2, 0.25) is 0 Å².